The Labute approximate surface area is 126 Å². The molecule has 0 fully saturated rings. The Kier molecular flexibility index (Phi) is 3.58. The number of benzene rings is 1. The largest absolute Gasteiger partial charge is 0.384 e. The second-order valence-corrected chi connectivity index (χ2v) is 5.70. The van der Waals surface area contributed by atoms with E-state index in [1.807, 2.05) is 36.6 Å². The van der Waals surface area contributed by atoms with Crippen molar-refractivity contribution >= 4 is 38.8 Å². The van der Waals surface area contributed by atoms with E-state index in [0.717, 1.165) is 23.2 Å². The zero-order valence-electron chi connectivity index (χ0n) is 11.6. The van der Waals surface area contributed by atoms with Crippen LogP contribution in [0.5, 0.6) is 0 Å². The van der Waals surface area contributed by atoms with Crippen LogP contribution in [0.1, 0.15) is 23.0 Å². The van der Waals surface area contributed by atoms with Crippen molar-refractivity contribution in [2.45, 2.75) is 13.3 Å². The summed E-state index contributed by atoms with van der Waals surface area (Å²) in [5, 5.41) is 6.06. The topological polar surface area (TPSA) is 68.0 Å². The predicted octanol–water partition coefficient (Wildman–Crippen LogP) is 3.69. The van der Waals surface area contributed by atoms with Crippen LogP contribution >= 0.6 is 11.3 Å². The minimum Gasteiger partial charge on any atom is -0.384 e. The van der Waals surface area contributed by atoms with Gasteiger partial charge in [0.05, 0.1) is 0 Å². The number of nitrogens with two attached hydrogens (primary N) is 1. The van der Waals surface area contributed by atoms with Crippen molar-refractivity contribution in [1.29, 1.82) is 0 Å². The number of hydrogen-bond donors (Lipinski definition) is 2. The van der Waals surface area contributed by atoms with Crippen LogP contribution in [0.15, 0.2) is 41.8 Å². The number of pyridine rings is 1. The van der Waals surface area contributed by atoms with Gasteiger partial charge in [-0.15, -0.1) is 11.3 Å². The van der Waals surface area contributed by atoms with E-state index in [0.29, 0.717) is 11.4 Å². The third kappa shape index (κ3) is 2.87. The van der Waals surface area contributed by atoms with Crippen LogP contribution in [0.25, 0.3) is 10.1 Å². The normalized spacial score (nSPS) is 10.7. The summed E-state index contributed by atoms with van der Waals surface area (Å²) in [6, 6.07) is 11.3. The minimum atomic E-state index is -0.173. The van der Waals surface area contributed by atoms with Crippen molar-refractivity contribution in [3.05, 3.63) is 53.0 Å². The molecule has 1 aromatic carbocycles. The van der Waals surface area contributed by atoms with Crippen LogP contribution < -0.4 is 11.1 Å². The van der Waals surface area contributed by atoms with E-state index in [-0.39, 0.29) is 5.91 Å². The predicted molar refractivity (Wildman–Crippen MR) is 87.8 cm³/mol. The Bertz CT molecular complexity index is 810. The fourth-order valence-electron chi connectivity index (χ4n) is 2.17. The number of nitrogens with zero attached hydrogens (tertiary/aromatic N) is 1. The van der Waals surface area contributed by atoms with Gasteiger partial charge in [0.2, 0.25) is 0 Å². The first kappa shape index (κ1) is 13.6. The molecule has 4 nitrogen and oxygen atoms in total. The van der Waals surface area contributed by atoms with Crippen LogP contribution in [-0.4, -0.2) is 10.9 Å². The van der Waals surface area contributed by atoms with Gasteiger partial charge in [-0.1, -0.05) is 6.92 Å². The van der Waals surface area contributed by atoms with Crippen LogP contribution in [0.4, 0.5) is 11.5 Å². The second kappa shape index (κ2) is 5.54. The molecule has 5 heteroatoms. The zero-order valence-corrected chi connectivity index (χ0v) is 12.4. The van der Waals surface area contributed by atoms with Crippen LogP contribution in [0, 0.1) is 0 Å². The van der Waals surface area contributed by atoms with Crippen molar-refractivity contribution in [3.63, 3.8) is 0 Å². The van der Waals surface area contributed by atoms with E-state index in [1.54, 1.807) is 23.5 Å². The van der Waals surface area contributed by atoms with Gasteiger partial charge < -0.3 is 11.1 Å². The quantitative estimate of drug-likeness (QED) is 0.774. The van der Waals surface area contributed by atoms with E-state index < -0.39 is 0 Å². The minimum absolute atomic E-state index is 0.173. The summed E-state index contributed by atoms with van der Waals surface area (Å²) in [4.78, 5) is 16.5. The van der Waals surface area contributed by atoms with E-state index in [2.05, 4.69) is 10.3 Å². The summed E-state index contributed by atoms with van der Waals surface area (Å²) in [6.45, 7) is 1.98. The Balaban J connectivity index is 1.86. The van der Waals surface area contributed by atoms with Gasteiger partial charge in [-0.05, 0) is 53.6 Å². The van der Waals surface area contributed by atoms with Gasteiger partial charge in [-0.3, -0.25) is 4.79 Å². The van der Waals surface area contributed by atoms with Crippen molar-refractivity contribution in [1.82, 2.24) is 4.98 Å². The van der Waals surface area contributed by atoms with Crippen LogP contribution in [0.2, 0.25) is 0 Å². The molecule has 3 N–H and O–H groups in total. The maximum Gasteiger partial charge on any atom is 0.255 e. The van der Waals surface area contributed by atoms with Gasteiger partial charge in [0.1, 0.15) is 5.82 Å². The third-order valence-corrected chi connectivity index (χ3v) is 4.13. The van der Waals surface area contributed by atoms with Gasteiger partial charge in [-0.25, -0.2) is 4.98 Å². The van der Waals surface area contributed by atoms with Gasteiger partial charge >= 0.3 is 0 Å². The van der Waals surface area contributed by atoms with Gasteiger partial charge in [0.15, 0.2) is 0 Å². The molecule has 3 aromatic rings. The van der Waals surface area contributed by atoms with Crippen molar-refractivity contribution in [2.75, 3.05) is 11.1 Å². The van der Waals surface area contributed by atoms with Gasteiger partial charge in [0.25, 0.3) is 5.91 Å². The third-order valence-electron chi connectivity index (χ3n) is 3.23. The number of carbonyl (C=O) groups excluding carboxylic acids is 1. The molecule has 3 rings (SSSR count). The molecule has 0 atom stereocenters. The molecule has 21 heavy (non-hydrogen) atoms. The Hall–Kier alpha value is -2.40. The fraction of sp³-hybridized carbons (Fsp3) is 0.125. The molecular formula is C16H15N3OS. The number of rotatable bonds is 3. The summed E-state index contributed by atoms with van der Waals surface area (Å²) in [7, 11) is 0. The van der Waals surface area contributed by atoms with Gasteiger partial charge in [-0.2, -0.15) is 0 Å². The van der Waals surface area contributed by atoms with Crippen molar-refractivity contribution in [3.8, 4) is 0 Å². The lowest BCUT2D eigenvalue weighted by Crippen LogP contribution is -2.13. The number of nitrogen functional groups attached to an aromatic ring is 1. The highest BCUT2D eigenvalue weighted by Gasteiger charge is 2.09. The number of nitrogens with one attached hydrogen (secondary N) is 1. The smallest absolute Gasteiger partial charge is 0.255 e. The molecule has 0 aliphatic rings. The molecule has 2 heterocycles. The summed E-state index contributed by atoms with van der Waals surface area (Å²) >= 11 is 1.68. The fourth-order valence-corrected chi connectivity index (χ4v) is 2.94. The molecule has 0 spiro atoms. The lowest BCUT2D eigenvalue weighted by molar-refractivity contribution is 0.102. The van der Waals surface area contributed by atoms with E-state index in [9.17, 15) is 4.79 Å². The molecular weight excluding hydrogens is 282 g/mol. The second-order valence-electron chi connectivity index (χ2n) is 4.75. The molecule has 0 bridgehead atoms. The molecule has 0 saturated heterocycles. The lowest BCUT2D eigenvalue weighted by Gasteiger charge is -2.07. The Morgan fingerprint density at radius 3 is 2.95 bits per heavy atom. The number of hydrogen-bond acceptors (Lipinski definition) is 4. The molecule has 0 saturated carbocycles. The number of amides is 1. The first-order chi connectivity index (χ1) is 10.2. The zero-order chi connectivity index (χ0) is 14.8. The summed E-state index contributed by atoms with van der Waals surface area (Å²) in [6.07, 6.45) is 0.742. The number of anilines is 2. The molecule has 106 valence electrons. The SMILES string of the molecule is CCc1cc(C(=O)Nc2ccc3sccc3c2)cc(N)n1. The number of aryl methyl sites for hydroxylation is 1. The lowest BCUT2D eigenvalue weighted by atomic mass is 10.1. The molecule has 0 aliphatic carbocycles. The number of carbonyl (C=O) groups is 1. The molecule has 2 aromatic heterocycles. The number of aromatic nitrogens is 1. The molecule has 0 aliphatic heterocycles. The molecule has 0 unspecified atom stereocenters. The summed E-state index contributed by atoms with van der Waals surface area (Å²) in [5.74, 6) is 0.196. The monoisotopic (exact) mass is 297 g/mol. The summed E-state index contributed by atoms with van der Waals surface area (Å²) in [5.41, 5.74) is 7.86. The van der Waals surface area contributed by atoms with Crippen molar-refractivity contribution in [2.24, 2.45) is 0 Å². The average molecular weight is 297 g/mol. The highest BCUT2D eigenvalue weighted by Crippen LogP contribution is 2.24. The number of fused-ring (bicyclic) bond motifs is 1. The molecule has 1 amide bonds. The van der Waals surface area contributed by atoms with Gasteiger partial charge in [0, 0.05) is 21.6 Å². The maximum absolute atomic E-state index is 12.3. The average Bonchev–Trinajstić information content (AvgIpc) is 2.94. The maximum atomic E-state index is 12.3. The van der Waals surface area contributed by atoms with Crippen molar-refractivity contribution < 1.29 is 4.79 Å². The first-order valence-electron chi connectivity index (χ1n) is 6.71. The standard InChI is InChI=1S/C16H15N3OS/c1-2-12-8-11(9-15(17)18-12)16(20)19-13-3-4-14-10(7-13)5-6-21-14/h3-9H,2H2,1H3,(H2,17,18)(H,19,20). The Morgan fingerprint density at radius 2 is 2.14 bits per heavy atom. The Morgan fingerprint density at radius 1 is 1.29 bits per heavy atom. The highest BCUT2D eigenvalue weighted by atomic mass is 32.1. The van der Waals surface area contributed by atoms with E-state index in [1.165, 1.54) is 4.70 Å². The summed E-state index contributed by atoms with van der Waals surface area (Å²) < 4.78 is 1.20. The highest BCUT2D eigenvalue weighted by molar-refractivity contribution is 7.17. The van der Waals surface area contributed by atoms with E-state index in [4.69, 9.17) is 5.73 Å². The molecule has 0 radical (unpaired) electrons. The van der Waals surface area contributed by atoms with E-state index >= 15 is 0 Å². The first-order valence-corrected chi connectivity index (χ1v) is 7.58. The van der Waals surface area contributed by atoms with Crippen LogP contribution in [-0.2, 0) is 6.42 Å². The number of thiophene rings is 1. The van der Waals surface area contributed by atoms with Crippen LogP contribution in [0.3, 0.4) is 0 Å².